The molecule has 0 bridgehead atoms. The van der Waals surface area contributed by atoms with Crippen LogP contribution in [-0.4, -0.2) is 4.92 Å². The molecule has 0 saturated carbocycles. The molecule has 0 amide bonds. The highest BCUT2D eigenvalue weighted by molar-refractivity contribution is 5.43. The van der Waals surface area contributed by atoms with E-state index in [2.05, 4.69) is 6.58 Å². The number of hydrogen-bond donors (Lipinski definition) is 0. The number of para-hydroxylation sites is 1. The fourth-order valence-electron chi connectivity index (χ4n) is 1.11. The average Bonchev–Trinajstić information content (AvgIpc) is 2.18. The standard InChI is InChI=1S/C10H8N2O2/c1-8(7-11)6-9-4-2-3-5-10(9)12(13)14/h2-5H,1,6H2. The number of benzene rings is 1. The first-order chi connectivity index (χ1) is 6.65. The second-order valence-corrected chi connectivity index (χ2v) is 2.78. The summed E-state index contributed by atoms with van der Waals surface area (Å²) in [5.41, 5.74) is 0.868. The van der Waals surface area contributed by atoms with Crippen LogP contribution < -0.4 is 0 Å². The van der Waals surface area contributed by atoms with Gasteiger partial charge in [-0.1, -0.05) is 24.8 Å². The Balaban J connectivity index is 3.03. The Morgan fingerprint density at radius 3 is 2.79 bits per heavy atom. The fraction of sp³-hybridized carbons (Fsp3) is 0.100. The molecule has 0 aromatic heterocycles. The summed E-state index contributed by atoms with van der Waals surface area (Å²) < 4.78 is 0. The van der Waals surface area contributed by atoms with Crippen molar-refractivity contribution >= 4 is 5.69 Å². The van der Waals surface area contributed by atoms with E-state index in [9.17, 15) is 10.1 Å². The molecule has 0 fully saturated rings. The fourth-order valence-corrected chi connectivity index (χ4v) is 1.11. The van der Waals surface area contributed by atoms with Crippen molar-refractivity contribution in [3.05, 3.63) is 52.1 Å². The van der Waals surface area contributed by atoms with Crippen LogP contribution in [0.25, 0.3) is 0 Å². The van der Waals surface area contributed by atoms with E-state index in [1.54, 1.807) is 18.2 Å². The van der Waals surface area contributed by atoms with Crippen LogP contribution in [0.1, 0.15) is 5.56 Å². The minimum absolute atomic E-state index is 0.0314. The Morgan fingerprint density at radius 2 is 2.21 bits per heavy atom. The van der Waals surface area contributed by atoms with Gasteiger partial charge in [-0.15, -0.1) is 0 Å². The summed E-state index contributed by atoms with van der Waals surface area (Å²) in [5, 5.41) is 19.1. The topological polar surface area (TPSA) is 66.9 Å². The maximum absolute atomic E-state index is 10.6. The van der Waals surface area contributed by atoms with Gasteiger partial charge in [0.05, 0.1) is 11.0 Å². The van der Waals surface area contributed by atoms with Crippen LogP contribution in [0.3, 0.4) is 0 Å². The molecule has 4 nitrogen and oxygen atoms in total. The maximum atomic E-state index is 10.6. The van der Waals surface area contributed by atoms with Crippen molar-refractivity contribution in [2.75, 3.05) is 0 Å². The minimum Gasteiger partial charge on any atom is -0.258 e. The van der Waals surface area contributed by atoms with Crippen molar-refractivity contribution < 1.29 is 4.92 Å². The zero-order valence-electron chi connectivity index (χ0n) is 7.43. The molecule has 0 N–H and O–H groups in total. The summed E-state index contributed by atoms with van der Waals surface area (Å²) in [6.07, 6.45) is 0.230. The molecule has 1 aromatic carbocycles. The second-order valence-electron chi connectivity index (χ2n) is 2.78. The third kappa shape index (κ3) is 2.17. The summed E-state index contributed by atoms with van der Waals surface area (Å²) >= 11 is 0. The van der Waals surface area contributed by atoms with Gasteiger partial charge in [-0.3, -0.25) is 10.1 Å². The molecule has 0 saturated heterocycles. The monoisotopic (exact) mass is 188 g/mol. The lowest BCUT2D eigenvalue weighted by Gasteiger charge is -1.99. The van der Waals surface area contributed by atoms with Crippen LogP contribution in [-0.2, 0) is 6.42 Å². The molecule has 0 spiro atoms. The molecule has 4 heteroatoms. The zero-order chi connectivity index (χ0) is 10.6. The predicted molar refractivity (Wildman–Crippen MR) is 51.6 cm³/mol. The highest BCUT2D eigenvalue weighted by atomic mass is 16.6. The third-order valence-corrected chi connectivity index (χ3v) is 1.75. The lowest BCUT2D eigenvalue weighted by atomic mass is 10.1. The Labute approximate surface area is 81.2 Å². The Hall–Kier alpha value is -2.15. The summed E-state index contributed by atoms with van der Waals surface area (Å²) in [7, 11) is 0. The van der Waals surface area contributed by atoms with Crippen molar-refractivity contribution in [2.45, 2.75) is 6.42 Å². The summed E-state index contributed by atoms with van der Waals surface area (Å²) in [4.78, 5) is 10.1. The van der Waals surface area contributed by atoms with Gasteiger partial charge in [0, 0.05) is 23.6 Å². The van der Waals surface area contributed by atoms with Gasteiger partial charge in [-0.25, -0.2) is 0 Å². The van der Waals surface area contributed by atoms with E-state index in [1.165, 1.54) is 6.07 Å². The highest BCUT2D eigenvalue weighted by Gasteiger charge is 2.12. The third-order valence-electron chi connectivity index (χ3n) is 1.75. The molecule has 0 aliphatic heterocycles. The van der Waals surface area contributed by atoms with Gasteiger partial charge < -0.3 is 0 Å². The number of nitro benzene ring substituents is 1. The Kier molecular flexibility index (Phi) is 2.97. The molecule has 0 unspecified atom stereocenters. The number of hydrogen-bond acceptors (Lipinski definition) is 3. The molecule has 0 atom stereocenters. The van der Waals surface area contributed by atoms with Gasteiger partial charge in [-0.2, -0.15) is 5.26 Å². The van der Waals surface area contributed by atoms with Crippen LogP contribution in [0.15, 0.2) is 36.4 Å². The van der Waals surface area contributed by atoms with Gasteiger partial charge >= 0.3 is 0 Å². The number of rotatable bonds is 3. The molecule has 0 radical (unpaired) electrons. The summed E-state index contributed by atoms with van der Waals surface area (Å²) in [6, 6.07) is 8.20. The molecule has 0 aliphatic carbocycles. The maximum Gasteiger partial charge on any atom is 0.272 e. The Morgan fingerprint density at radius 1 is 1.57 bits per heavy atom. The molecular weight excluding hydrogens is 180 g/mol. The van der Waals surface area contributed by atoms with E-state index in [1.807, 2.05) is 6.07 Å². The SMILES string of the molecule is C=C(C#N)Cc1ccccc1[N+](=O)[O-]. The van der Waals surface area contributed by atoms with E-state index < -0.39 is 4.92 Å². The first kappa shape index (κ1) is 9.93. The Bertz CT molecular complexity index is 418. The summed E-state index contributed by atoms with van der Waals surface area (Å²) in [6.45, 7) is 3.49. The number of nitro groups is 1. The molecule has 0 aliphatic rings. The smallest absolute Gasteiger partial charge is 0.258 e. The van der Waals surface area contributed by atoms with Crippen LogP contribution in [0.5, 0.6) is 0 Å². The number of nitrogens with zero attached hydrogens (tertiary/aromatic N) is 2. The largest absolute Gasteiger partial charge is 0.272 e. The van der Waals surface area contributed by atoms with Crippen molar-refractivity contribution in [1.82, 2.24) is 0 Å². The van der Waals surface area contributed by atoms with Crippen molar-refractivity contribution in [2.24, 2.45) is 0 Å². The van der Waals surface area contributed by atoms with E-state index in [-0.39, 0.29) is 12.1 Å². The molecular formula is C10H8N2O2. The van der Waals surface area contributed by atoms with E-state index >= 15 is 0 Å². The number of allylic oxidation sites excluding steroid dienone is 1. The van der Waals surface area contributed by atoms with Crippen molar-refractivity contribution in [3.63, 3.8) is 0 Å². The van der Waals surface area contributed by atoms with Crippen molar-refractivity contribution in [1.29, 1.82) is 5.26 Å². The first-order valence-corrected chi connectivity index (χ1v) is 3.95. The van der Waals surface area contributed by atoms with Gasteiger partial charge in [0.15, 0.2) is 0 Å². The van der Waals surface area contributed by atoms with Crippen LogP contribution in [0, 0.1) is 21.4 Å². The van der Waals surface area contributed by atoms with E-state index in [0.29, 0.717) is 11.1 Å². The van der Waals surface area contributed by atoms with Gasteiger partial charge in [0.25, 0.3) is 5.69 Å². The van der Waals surface area contributed by atoms with Crippen LogP contribution in [0.4, 0.5) is 5.69 Å². The van der Waals surface area contributed by atoms with Crippen LogP contribution >= 0.6 is 0 Å². The van der Waals surface area contributed by atoms with E-state index in [0.717, 1.165) is 0 Å². The molecule has 70 valence electrons. The molecule has 14 heavy (non-hydrogen) atoms. The average molecular weight is 188 g/mol. The van der Waals surface area contributed by atoms with E-state index in [4.69, 9.17) is 5.26 Å². The normalized spacial score (nSPS) is 9.07. The molecule has 1 aromatic rings. The first-order valence-electron chi connectivity index (χ1n) is 3.95. The lowest BCUT2D eigenvalue weighted by Crippen LogP contribution is -1.95. The van der Waals surface area contributed by atoms with Crippen LogP contribution in [0.2, 0.25) is 0 Å². The minimum atomic E-state index is -0.458. The summed E-state index contributed by atoms with van der Waals surface area (Å²) in [5.74, 6) is 0. The van der Waals surface area contributed by atoms with Gasteiger partial charge in [-0.05, 0) is 0 Å². The zero-order valence-corrected chi connectivity index (χ0v) is 7.43. The van der Waals surface area contributed by atoms with Crippen molar-refractivity contribution in [3.8, 4) is 6.07 Å². The predicted octanol–water partition coefficient (Wildman–Crippen LogP) is 2.22. The quantitative estimate of drug-likeness (QED) is 0.415. The van der Waals surface area contributed by atoms with Gasteiger partial charge in [0.1, 0.15) is 0 Å². The molecule has 0 heterocycles. The second kappa shape index (κ2) is 4.19. The number of nitriles is 1. The molecule has 1 rings (SSSR count). The van der Waals surface area contributed by atoms with Gasteiger partial charge in [0.2, 0.25) is 0 Å². The lowest BCUT2D eigenvalue weighted by molar-refractivity contribution is -0.385. The highest BCUT2D eigenvalue weighted by Crippen LogP contribution is 2.19.